The number of nitrogens with zero attached hydrogens (tertiary/aromatic N) is 2. The van der Waals surface area contributed by atoms with Gasteiger partial charge in [0.25, 0.3) is 0 Å². The molecule has 25 heavy (non-hydrogen) atoms. The van der Waals surface area contributed by atoms with Crippen LogP contribution in [0.15, 0.2) is 32.9 Å². The number of halogens is 1. The Morgan fingerprint density at radius 3 is 2.44 bits per heavy atom. The van der Waals surface area contributed by atoms with Crippen molar-refractivity contribution in [2.24, 2.45) is 5.92 Å². The molecule has 0 saturated heterocycles. The van der Waals surface area contributed by atoms with Gasteiger partial charge in [0, 0.05) is 5.75 Å². The van der Waals surface area contributed by atoms with Crippen LogP contribution in [0.1, 0.15) is 39.3 Å². The fourth-order valence-electron chi connectivity index (χ4n) is 1.91. The van der Waals surface area contributed by atoms with E-state index in [0.717, 1.165) is 20.0 Å². The zero-order valence-corrected chi connectivity index (χ0v) is 17.1. The van der Waals surface area contributed by atoms with Crippen molar-refractivity contribution in [1.82, 2.24) is 15.5 Å². The molecule has 1 aromatic carbocycles. The van der Waals surface area contributed by atoms with Gasteiger partial charge in [0.2, 0.25) is 5.91 Å². The van der Waals surface area contributed by atoms with E-state index in [1.165, 1.54) is 35.2 Å². The first-order valence-electron chi connectivity index (χ1n) is 8.04. The molecule has 0 saturated carbocycles. The fourth-order valence-corrected chi connectivity index (χ4v) is 5.06. The monoisotopic (exact) mass is 399 g/mol. The largest absolute Gasteiger partial charge is 0.349 e. The minimum Gasteiger partial charge on any atom is -0.349 e. The van der Waals surface area contributed by atoms with Crippen LogP contribution in [0.4, 0.5) is 4.39 Å². The molecule has 1 N–H and O–H groups in total. The molecular weight excluding hydrogens is 377 g/mol. The molecule has 1 heterocycles. The lowest BCUT2D eigenvalue weighted by Crippen LogP contribution is -2.33. The van der Waals surface area contributed by atoms with Crippen LogP contribution in [0.2, 0.25) is 0 Å². The van der Waals surface area contributed by atoms with Gasteiger partial charge in [-0.2, -0.15) is 0 Å². The minimum atomic E-state index is -0.284. The zero-order valence-electron chi connectivity index (χ0n) is 14.7. The van der Waals surface area contributed by atoms with Crippen LogP contribution >= 0.6 is 34.9 Å². The van der Waals surface area contributed by atoms with Gasteiger partial charge in [0.05, 0.1) is 11.3 Å². The van der Waals surface area contributed by atoms with E-state index < -0.39 is 0 Å². The second-order valence-electron chi connectivity index (χ2n) is 6.08. The molecule has 4 nitrogen and oxygen atoms in total. The average molecular weight is 400 g/mol. The SMILES string of the molecule is CC(C)CSc1nnc(S[C@H](C)C(=O)N[C@@H](C)c2ccc(F)cc2)s1. The number of hydrogen-bond donors (Lipinski definition) is 1. The van der Waals surface area contributed by atoms with Crippen LogP contribution in [0.25, 0.3) is 0 Å². The number of amides is 1. The van der Waals surface area contributed by atoms with E-state index in [1.54, 1.807) is 23.9 Å². The van der Waals surface area contributed by atoms with E-state index in [4.69, 9.17) is 0 Å². The van der Waals surface area contributed by atoms with Gasteiger partial charge < -0.3 is 5.32 Å². The maximum atomic E-state index is 13.0. The first kappa shape index (κ1) is 20.2. The summed E-state index contributed by atoms with van der Waals surface area (Å²) in [4.78, 5) is 12.4. The van der Waals surface area contributed by atoms with Crippen LogP contribution in [0.3, 0.4) is 0 Å². The summed E-state index contributed by atoms with van der Waals surface area (Å²) in [5.74, 6) is 1.24. The first-order valence-corrected chi connectivity index (χ1v) is 10.7. The van der Waals surface area contributed by atoms with Gasteiger partial charge in [-0.25, -0.2) is 4.39 Å². The van der Waals surface area contributed by atoms with Gasteiger partial charge in [0.1, 0.15) is 5.82 Å². The Labute approximate surface area is 160 Å². The smallest absolute Gasteiger partial charge is 0.233 e. The number of carbonyl (C=O) groups is 1. The molecule has 1 aromatic heterocycles. The number of carbonyl (C=O) groups excluding carboxylic acids is 1. The maximum absolute atomic E-state index is 13.0. The first-order chi connectivity index (χ1) is 11.8. The molecular formula is C17H22FN3OS3. The van der Waals surface area contributed by atoms with Crippen molar-refractivity contribution in [3.8, 4) is 0 Å². The lowest BCUT2D eigenvalue weighted by atomic mass is 10.1. The number of rotatable bonds is 8. The molecule has 1 amide bonds. The lowest BCUT2D eigenvalue weighted by Gasteiger charge is -2.17. The predicted molar refractivity (Wildman–Crippen MR) is 104 cm³/mol. The average Bonchev–Trinajstić information content (AvgIpc) is 3.00. The molecule has 0 fully saturated rings. The highest BCUT2D eigenvalue weighted by molar-refractivity contribution is 8.03. The number of aromatic nitrogens is 2. The highest BCUT2D eigenvalue weighted by Crippen LogP contribution is 2.32. The third kappa shape index (κ3) is 6.60. The summed E-state index contributed by atoms with van der Waals surface area (Å²) in [6.45, 7) is 8.06. The van der Waals surface area contributed by atoms with Crippen LogP contribution in [0, 0.1) is 11.7 Å². The van der Waals surface area contributed by atoms with Gasteiger partial charge in [-0.3, -0.25) is 4.79 Å². The molecule has 0 aliphatic rings. The fraction of sp³-hybridized carbons (Fsp3) is 0.471. The summed E-state index contributed by atoms with van der Waals surface area (Å²) >= 11 is 4.62. The van der Waals surface area contributed by atoms with Crippen LogP contribution < -0.4 is 5.32 Å². The van der Waals surface area contributed by atoms with E-state index in [0.29, 0.717) is 5.92 Å². The van der Waals surface area contributed by atoms with Crippen LogP contribution in [-0.2, 0) is 4.79 Å². The molecule has 2 atom stereocenters. The Bertz CT molecular complexity index is 691. The van der Waals surface area contributed by atoms with Gasteiger partial charge in [-0.1, -0.05) is 60.8 Å². The van der Waals surface area contributed by atoms with Crippen molar-refractivity contribution in [1.29, 1.82) is 0 Å². The summed E-state index contributed by atoms with van der Waals surface area (Å²) < 4.78 is 14.7. The third-order valence-corrected chi connectivity index (χ3v) is 6.97. The Balaban J connectivity index is 1.86. The minimum absolute atomic E-state index is 0.0755. The molecule has 0 aliphatic carbocycles. The summed E-state index contributed by atoms with van der Waals surface area (Å²) in [5, 5.41) is 11.0. The summed E-state index contributed by atoms with van der Waals surface area (Å²) in [6, 6.07) is 5.98. The van der Waals surface area contributed by atoms with Crippen molar-refractivity contribution in [3.05, 3.63) is 35.6 Å². The van der Waals surface area contributed by atoms with Gasteiger partial charge in [-0.15, -0.1) is 10.2 Å². The standard InChI is InChI=1S/C17H22FN3OS3/c1-10(2)9-23-16-20-21-17(25-16)24-12(4)15(22)19-11(3)13-5-7-14(18)8-6-13/h5-8,10-12H,9H2,1-4H3,(H,19,22)/t11-,12+/m0/s1. The highest BCUT2D eigenvalue weighted by atomic mass is 32.2. The highest BCUT2D eigenvalue weighted by Gasteiger charge is 2.19. The topological polar surface area (TPSA) is 54.9 Å². The molecule has 136 valence electrons. The van der Waals surface area contributed by atoms with Crippen molar-refractivity contribution in [2.75, 3.05) is 5.75 Å². The van der Waals surface area contributed by atoms with Gasteiger partial charge >= 0.3 is 0 Å². The molecule has 2 rings (SSSR count). The maximum Gasteiger partial charge on any atom is 0.233 e. The van der Waals surface area contributed by atoms with Crippen molar-refractivity contribution in [2.45, 2.75) is 47.7 Å². The Morgan fingerprint density at radius 1 is 1.16 bits per heavy atom. The number of benzene rings is 1. The van der Waals surface area contributed by atoms with Crippen LogP contribution in [0.5, 0.6) is 0 Å². The quantitative estimate of drug-likeness (QED) is 0.647. The van der Waals surface area contributed by atoms with E-state index >= 15 is 0 Å². The van der Waals surface area contributed by atoms with E-state index in [9.17, 15) is 9.18 Å². The van der Waals surface area contributed by atoms with E-state index in [2.05, 4.69) is 29.4 Å². The molecule has 0 unspecified atom stereocenters. The molecule has 2 aromatic rings. The number of thioether (sulfide) groups is 2. The second-order valence-corrected chi connectivity index (χ2v) is 9.91. The summed E-state index contributed by atoms with van der Waals surface area (Å²) in [7, 11) is 0. The Kier molecular flexibility index (Phi) is 7.71. The Hall–Kier alpha value is -1.12. The Morgan fingerprint density at radius 2 is 1.80 bits per heavy atom. The van der Waals surface area contributed by atoms with Gasteiger partial charge in [-0.05, 0) is 37.5 Å². The van der Waals surface area contributed by atoms with E-state index in [-0.39, 0.29) is 23.0 Å². The van der Waals surface area contributed by atoms with Gasteiger partial charge in [0.15, 0.2) is 8.68 Å². The normalized spacial score (nSPS) is 13.7. The summed E-state index contributed by atoms with van der Waals surface area (Å²) in [6.07, 6.45) is 0. The van der Waals surface area contributed by atoms with Crippen LogP contribution in [-0.4, -0.2) is 27.1 Å². The molecule has 0 aliphatic heterocycles. The molecule has 8 heteroatoms. The number of hydrogen-bond acceptors (Lipinski definition) is 6. The number of nitrogens with one attached hydrogen (secondary N) is 1. The predicted octanol–water partition coefficient (Wildman–Crippen LogP) is 4.78. The van der Waals surface area contributed by atoms with Crippen molar-refractivity contribution >= 4 is 40.8 Å². The zero-order chi connectivity index (χ0) is 18.4. The van der Waals surface area contributed by atoms with Crippen molar-refractivity contribution in [3.63, 3.8) is 0 Å². The third-order valence-electron chi connectivity index (χ3n) is 3.30. The van der Waals surface area contributed by atoms with E-state index in [1.807, 2.05) is 13.8 Å². The molecule has 0 radical (unpaired) electrons. The molecule has 0 spiro atoms. The lowest BCUT2D eigenvalue weighted by molar-refractivity contribution is -0.120. The second kappa shape index (κ2) is 9.54. The van der Waals surface area contributed by atoms with Crippen molar-refractivity contribution < 1.29 is 9.18 Å². The molecule has 0 bridgehead atoms. The summed E-state index contributed by atoms with van der Waals surface area (Å²) in [5.41, 5.74) is 0.871.